The van der Waals surface area contributed by atoms with Crippen LogP contribution in [0, 0.1) is 11.6 Å². The molecule has 0 fully saturated rings. The van der Waals surface area contributed by atoms with Crippen molar-refractivity contribution in [2.24, 2.45) is 14.1 Å². The fourth-order valence-corrected chi connectivity index (χ4v) is 7.23. The van der Waals surface area contributed by atoms with Gasteiger partial charge in [0.25, 0.3) is 17.4 Å². The number of nitrogens with zero attached hydrogens (tertiary/aromatic N) is 7. The summed E-state index contributed by atoms with van der Waals surface area (Å²) in [7, 11) is 7.52. The van der Waals surface area contributed by atoms with E-state index in [-0.39, 0.29) is 39.4 Å². The molecular formula is C45H50F5N7O3. The number of alkyl halides is 3. The Morgan fingerprint density at radius 1 is 0.683 bits per heavy atom. The lowest BCUT2D eigenvalue weighted by atomic mass is 9.92. The number of likely N-dealkylation sites (N-methyl/N-ethyl adjacent to an activating group) is 1. The molecule has 2 amide bonds. The molecule has 318 valence electrons. The van der Waals surface area contributed by atoms with E-state index in [2.05, 4.69) is 40.5 Å². The number of rotatable bonds is 7. The van der Waals surface area contributed by atoms with Crippen molar-refractivity contribution in [2.75, 3.05) is 23.9 Å². The van der Waals surface area contributed by atoms with Gasteiger partial charge in [-0.15, -0.1) is 0 Å². The van der Waals surface area contributed by atoms with Crippen molar-refractivity contribution in [3.63, 3.8) is 0 Å². The lowest BCUT2D eigenvalue weighted by molar-refractivity contribution is -0.253. The SMILES string of the molecule is C.C.C.CN(C)C1(C)C(=O)N(Cc2ccc(-c3cnn(C)c3)cc2)c2ccccc21.Cn1cc(-c2ccc(CN3C(=O)C(O)(C(F)(F)F)c4cc(F)ccc43)c(F)c2)cn1. The maximum Gasteiger partial charge on any atom is 0.430 e. The Kier molecular flexibility index (Phi) is 13.3. The second-order valence-electron chi connectivity index (χ2n) is 14.4. The molecule has 15 heteroatoms. The first-order valence-corrected chi connectivity index (χ1v) is 17.8. The van der Waals surface area contributed by atoms with Crippen LogP contribution in [-0.4, -0.2) is 61.7 Å². The van der Waals surface area contributed by atoms with Gasteiger partial charge in [0, 0.05) is 60.0 Å². The molecule has 2 aliphatic rings. The zero-order chi connectivity index (χ0) is 41.0. The Labute approximate surface area is 347 Å². The van der Waals surface area contributed by atoms with Crippen LogP contribution in [0.1, 0.15) is 51.5 Å². The van der Waals surface area contributed by atoms with Crippen LogP contribution >= 0.6 is 0 Å². The highest BCUT2D eigenvalue weighted by Crippen LogP contribution is 2.50. The first kappa shape index (κ1) is 46.5. The molecule has 0 spiro atoms. The molecule has 0 radical (unpaired) electrons. The standard InChI is InChI=1S/C22H24N4O.C20H14F5N3O2.3CH4/c1-22(24(2)3)19-7-5-6-8-20(19)26(21(22)27)14-16-9-11-17(12-10-16)18-13-23-25(4)15-18;1-27-9-13(8-26-27)11-2-3-12(16(22)6-11)10-28-17-5-4-14(21)7-15(17)19(30,18(28)29)20(23,24)25;;;/h5-13,15H,14H2,1-4H3;2-9,30H,10H2,1H3;3*1H4. The largest absolute Gasteiger partial charge is 0.430 e. The van der Waals surface area contributed by atoms with E-state index >= 15 is 0 Å². The van der Waals surface area contributed by atoms with Crippen molar-refractivity contribution in [1.82, 2.24) is 24.5 Å². The molecule has 2 aliphatic heterocycles. The topological polar surface area (TPSA) is 99.7 Å². The summed E-state index contributed by atoms with van der Waals surface area (Å²) in [5.41, 5.74) is 0.629. The second-order valence-corrected chi connectivity index (χ2v) is 14.4. The third kappa shape index (κ3) is 7.94. The molecule has 2 unspecified atom stereocenters. The summed E-state index contributed by atoms with van der Waals surface area (Å²) in [6, 6.07) is 22.8. The van der Waals surface area contributed by atoms with Crippen LogP contribution in [0.15, 0.2) is 110 Å². The van der Waals surface area contributed by atoms with Gasteiger partial charge in [-0.1, -0.05) is 76.9 Å². The van der Waals surface area contributed by atoms with E-state index in [9.17, 15) is 36.6 Å². The zero-order valence-electron chi connectivity index (χ0n) is 31.6. The minimum Gasteiger partial charge on any atom is -0.368 e. The maximum atomic E-state index is 14.7. The Hall–Kier alpha value is -6.19. The second kappa shape index (κ2) is 17.2. The third-order valence-electron chi connectivity index (χ3n) is 10.6. The summed E-state index contributed by atoms with van der Waals surface area (Å²) in [5.74, 6) is -3.40. The quantitative estimate of drug-likeness (QED) is 0.161. The number of aryl methyl sites for hydroxylation is 2. The summed E-state index contributed by atoms with van der Waals surface area (Å²) >= 11 is 0. The van der Waals surface area contributed by atoms with E-state index in [1.54, 1.807) is 17.9 Å². The van der Waals surface area contributed by atoms with Crippen LogP contribution in [0.4, 0.5) is 33.3 Å². The number of hydrogen-bond donors (Lipinski definition) is 1. The molecule has 0 aliphatic carbocycles. The highest BCUT2D eigenvalue weighted by Gasteiger charge is 2.66. The van der Waals surface area contributed by atoms with E-state index in [4.69, 9.17) is 0 Å². The normalized spacial score (nSPS) is 17.9. The fourth-order valence-electron chi connectivity index (χ4n) is 7.23. The van der Waals surface area contributed by atoms with Crippen LogP contribution in [0.5, 0.6) is 0 Å². The van der Waals surface area contributed by atoms with E-state index in [1.165, 1.54) is 29.1 Å². The number of aromatic nitrogens is 4. The molecule has 2 aromatic heterocycles. The van der Waals surface area contributed by atoms with Gasteiger partial charge in [-0.3, -0.25) is 23.9 Å². The number of halogens is 5. The number of hydrogen-bond acceptors (Lipinski definition) is 6. The lowest BCUT2D eigenvalue weighted by Gasteiger charge is -2.31. The van der Waals surface area contributed by atoms with Gasteiger partial charge >= 0.3 is 6.18 Å². The molecule has 10 nitrogen and oxygen atoms in total. The zero-order valence-corrected chi connectivity index (χ0v) is 31.6. The van der Waals surface area contributed by atoms with Crippen LogP contribution in [0.25, 0.3) is 22.3 Å². The Morgan fingerprint density at radius 2 is 1.23 bits per heavy atom. The summed E-state index contributed by atoms with van der Waals surface area (Å²) in [6.45, 7) is 1.99. The Morgan fingerprint density at radius 3 is 1.78 bits per heavy atom. The number of benzene rings is 4. The molecule has 2 atom stereocenters. The predicted molar refractivity (Wildman–Crippen MR) is 224 cm³/mol. The number of carbonyl (C=O) groups excluding carboxylic acids is 2. The van der Waals surface area contributed by atoms with Gasteiger partial charge in [-0.05, 0) is 68.0 Å². The van der Waals surface area contributed by atoms with E-state index < -0.39 is 47.0 Å². The van der Waals surface area contributed by atoms with Gasteiger partial charge in [0.1, 0.15) is 17.2 Å². The average Bonchev–Trinajstić information content (AvgIpc) is 3.92. The fraction of sp³-hybridized carbons (Fsp3) is 0.289. The number of aliphatic hydroxyl groups is 1. The van der Waals surface area contributed by atoms with E-state index in [0.717, 1.165) is 40.1 Å². The molecule has 4 aromatic carbocycles. The van der Waals surface area contributed by atoms with E-state index in [1.807, 2.05) is 68.5 Å². The third-order valence-corrected chi connectivity index (χ3v) is 10.6. The molecule has 0 bridgehead atoms. The van der Waals surface area contributed by atoms with Gasteiger partial charge in [-0.2, -0.15) is 23.4 Å². The minimum absolute atomic E-state index is 0. The van der Waals surface area contributed by atoms with Gasteiger partial charge in [0.2, 0.25) is 0 Å². The summed E-state index contributed by atoms with van der Waals surface area (Å²) < 4.78 is 72.2. The Balaban J connectivity index is 0.000000253. The number of amides is 2. The highest BCUT2D eigenvalue weighted by molar-refractivity contribution is 6.08. The molecule has 60 heavy (non-hydrogen) atoms. The summed E-state index contributed by atoms with van der Waals surface area (Å²) in [6.07, 6.45) is 1.65. The Bertz CT molecular complexity index is 2500. The number of carbonyl (C=O) groups is 2. The molecule has 6 aromatic rings. The van der Waals surface area contributed by atoms with Gasteiger partial charge in [0.15, 0.2) is 0 Å². The van der Waals surface area contributed by atoms with Crippen LogP contribution < -0.4 is 9.80 Å². The molecule has 1 N–H and O–H groups in total. The van der Waals surface area contributed by atoms with Gasteiger partial charge < -0.3 is 14.9 Å². The first-order valence-electron chi connectivity index (χ1n) is 17.8. The molecule has 0 saturated heterocycles. The average molecular weight is 832 g/mol. The monoisotopic (exact) mass is 831 g/mol. The van der Waals surface area contributed by atoms with Crippen LogP contribution in [0.2, 0.25) is 0 Å². The van der Waals surface area contributed by atoms with Crippen molar-refractivity contribution in [2.45, 2.75) is 59.6 Å². The van der Waals surface area contributed by atoms with Crippen molar-refractivity contribution in [3.8, 4) is 22.3 Å². The van der Waals surface area contributed by atoms with Crippen LogP contribution in [0.3, 0.4) is 0 Å². The smallest absolute Gasteiger partial charge is 0.368 e. The molecule has 4 heterocycles. The first-order chi connectivity index (χ1) is 26.9. The number of fused-ring (bicyclic) bond motifs is 2. The van der Waals surface area contributed by atoms with Gasteiger partial charge in [0.05, 0.1) is 31.2 Å². The van der Waals surface area contributed by atoms with Crippen molar-refractivity contribution < 1.29 is 36.6 Å². The van der Waals surface area contributed by atoms with Crippen molar-refractivity contribution >= 4 is 23.2 Å². The van der Waals surface area contributed by atoms with Crippen molar-refractivity contribution in [3.05, 3.63) is 144 Å². The highest BCUT2D eigenvalue weighted by atomic mass is 19.4. The van der Waals surface area contributed by atoms with Crippen LogP contribution in [-0.2, 0) is 47.9 Å². The predicted octanol–water partition coefficient (Wildman–Crippen LogP) is 8.98. The molecule has 8 rings (SSSR count). The van der Waals surface area contributed by atoms with Crippen molar-refractivity contribution in [1.29, 1.82) is 0 Å². The number of para-hydroxylation sites is 1. The number of anilines is 2. The maximum absolute atomic E-state index is 14.7. The molecular weight excluding hydrogens is 782 g/mol. The summed E-state index contributed by atoms with van der Waals surface area (Å²) in [5, 5.41) is 18.4. The lowest BCUT2D eigenvalue weighted by Crippen LogP contribution is -2.50. The summed E-state index contributed by atoms with van der Waals surface area (Å²) in [4.78, 5) is 30.3. The minimum atomic E-state index is -5.38. The van der Waals surface area contributed by atoms with E-state index in [0.29, 0.717) is 28.6 Å². The van der Waals surface area contributed by atoms with Gasteiger partial charge in [-0.25, -0.2) is 8.78 Å². The molecule has 0 saturated carbocycles.